The van der Waals surface area contributed by atoms with Crippen molar-refractivity contribution in [1.29, 1.82) is 0 Å². The second kappa shape index (κ2) is 5.45. The molecule has 0 unspecified atom stereocenters. The zero-order valence-corrected chi connectivity index (χ0v) is 11.9. The van der Waals surface area contributed by atoms with Gasteiger partial charge in [-0.2, -0.15) is 0 Å². The minimum Gasteiger partial charge on any atom is -0.486 e. The van der Waals surface area contributed by atoms with Crippen LogP contribution in [0, 0.1) is 6.92 Å². The Morgan fingerprint density at radius 2 is 1.80 bits per heavy atom. The fourth-order valence-corrected chi connectivity index (χ4v) is 2.48. The van der Waals surface area contributed by atoms with Gasteiger partial charge in [-0.25, -0.2) is 0 Å². The second-order valence-electron chi connectivity index (χ2n) is 5.05. The van der Waals surface area contributed by atoms with Crippen LogP contribution >= 0.6 is 0 Å². The molecule has 1 heterocycles. The first kappa shape index (κ1) is 12.9. The highest BCUT2D eigenvalue weighted by Gasteiger charge is 2.14. The van der Waals surface area contributed by atoms with E-state index in [4.69, 9.17) is 9.47 Å². The van der Waals surface area contributed by atoms with Crippen LogP contribution in [0.25, 0.3) is 0 Å². The van der Waals surface area contributed by atoms with Gasteiger partial charge in [0.1, 0.15) is 13.2 Å². The molecule has 0 amide bonds. The van der Waals surface area contributed by atoms with Crippen LogP contribution in [0.3, 0.4) is 0 Å². The molecule has 0 aromatic heterocycles. The van der Waals surface area contributed by atoms with Crippen LogP contribution in [-0.2, 0) is 6.42 Å². The minimum atomic E-state index is 0.630. The van der Waals surface area contributed by atoms with E-state index in [1.165, 1.54) is 16.7 Å². The van der Waals surface area contributed by atoms with E-state index in [-0.39, 0.29) is 0 Å². The third-order valence-corrected chi connectivity index (χ3v) is 3.61. The molecule has 0 saturated heterocycles. The van der Waals surface area contributed by atoms with Crippen molar-refractivity contribution in [2.75, 3.05) is 25.6 Å². The van der Waals surface area contributed by atoms with Crippen molar-refractivity contribution < 1.29 is 9.47 Å². The summed E-state index contributed by atoms with van der Waals surface area (Å²) in [6, 6.07) is 12.7. The van der Waals surface area contributed by atoms with Gasteiger partial charge in [0.25, 0.3) is 0 Å². The van der Waals surface area contributed by atoms with Crippen molar-refractivity contribution in [3.8, 4) is 11.5 Å². The number of nitrogens with one attached hydrogen (secondary N) is 1. The van der Waals surface area contributed by atoms with Gasteiger partial charge in [0, 0.05) is 12.7 Å². The van der Waals surface area contributed by atoms with E-state index in [0.29, 0.717) is 13.2 Å². The molecule has 0 bridgehead atoms. The molecule has 0 spiro atoms. The number of rotatable bonds is 3. The average molecular weight is 269 g/mol. The summed E-state index contributed by atoms with van der Waals surface area (Å²) in [5.41, 5.74) is 4.95. The zero-order chi connectivity index (χ0) is 13.9. The molecule has 3 heteroatoms. The number of aryl methyl sites for hydroxylation is 1. The highest BCUT2D eigenvalue weighted by atomic mass is 16.6. The van der Waals surface area contributed by atoms with Crippen molar-refractivity contribution >= 4 is 5.69 Å². The second-order valence-corrected chi connectivity index (χ2v) is 5.05. The molecule has 1 N–H and O–H groups in total. The third kappa shape index (κ3) is 2.57. The molecule has 1 aliphatic heterocycles. The van der Waals surface area contributed by atoms with Gasteiger partial charge in [0.05, 0.1) is 0 Å². The van der Waals surface area contributed by atoms with Gasteiger partial charge in [0.2, 0.25) is 0 Å². The van der Waals surface area contributed by atoms with E-state index in [9.17, 15) is 0 Å². The Kier molecular flexibility index (Phi) is 3.50. The molecule has 104 valence electrons. The number of ether oxygens (including phenoxy) is 2. The van der Waals surface area contributed by atoms with Crippen LogP contribution in [0.1, 0.15) is 16.7 Å². The maximum absolute atomic E-state index is 5.66. The molecule has 2 aromatic carbocycles. The summed E-state index contributed by atoms with van der Waals surface area (Å²) in [5, 5.41) is 3.17. The Morgan fingerprint density at radius 1 is 1.05 bits per heavy atom. The topological polar surface area (TPSA) is 30.5 Å². The summed E-state index contributed by atoms with van der Waals surface area (Å²) in [5.74, 6) is 1.73. The monoisotopic (exact) mass is 269 g/mol. The number of hydrogen-bond donors (Lipinski definition) is 1. The first-order chi connectivity index (χ1) is 9.76. The van der Waals surface area contributed by atoms with Gasteiger partial charge < -0.3 is 14.8 Å². The smallest absolute Gasteiger partial charge is 0.161 e. The van der Waals surface area contributed by atoms with Crippen LogP contribution in [0.5, 0.6) is 11.5 Å². The maximum Gasteiger partial charge on any atom is 0.161 e. The quantitative estimate of drug-likeness (QED) is 0.926. The van der Waals surface area contributed by atoms with Gasteiger partial charge in [-0.05, 0) is 54.3 Å². The molecule has 3 nitrogen and oxygen atoms in total. The number of hydrogen-bond acceptors (Lipinski definition) is 3. The average Bonchev–Trinajstić information content (AvgIpc) is 2.48. The molecule has 0 aliphatic carbocycles. The molecule has 0 radical (unpaired) electrons. The van der Waals surface area contributed by atoms with E-state index in [2.05, 4.69) is 48.6 Å². The van der Waals surface area contributed by atoms with E-state index in [1.807, 2.05) is 7.05 Å². The van der Waals surface area contributed by atoms with Crippen LogP contribution in [0.15, 0.2) is 36.4 Å². The van der Waals surface area contributed by atoms with Gasteiger partial charge in [0.15, 0.2) is 11.5 Å². The lowest BCUT2D eigenvalue weighted by molar-refractivity contribution is 0.171. The lowest BCUT2D eigenvalue weighted by Crippen LogP contribution is -2.15. The normalized spacial score (nSPS) is 13.1. The molecule has 1 aliphatic rings. The van der Waals surface area contributed by atoms with Crippen molar-refractivity contribution in [1.82, 2.24) is 0 Å². The SMILES string of the molecule is CNc1cccc(Cc2cc3c(cc2C)OCCO3)c1. The third-order valence-electron chi connectivity index (χ3n) is 3.61. The summed E-state index contributed by atoms with van der Waals surface area (Å²) in [6.07, 6.45) is 0.901. The molecule has 20 heavy (non-hydrogen) atoms. The zero-order valence-electron chi connectivity index (χ0n) is 11.9. The lowest BCUT2D eigenvalue weighted by Gasteiger charge is -2.20. The van der Waals surface area contributed by atoms with E-state index in [1.54, 1.807) is 0 Å². The summed E-state index contributed by atoms with van der Waals surface area (Å²) in [6.45, 7) is 3.39. The molecular formula is C17H19NO2. The highest BCUT2D eigenvalue weighted by Crippen LogP contribution is 2.33. The number of benzene rings is 2. The van der Waals surface area contributed by atoms with Gasteiger partial charge in [-0.3, -0.25) is 0 Å². The van der Waals surface area contributed by atoms with Crippen LogP contribution < -0.4 is 14.8 Å². The van der Waals surface area contributed by atoms with E-state index >= 15 is 0 Å². The van der Waals surface area contributed by atoms with Gasteiger partial charge in [-0.15, -0.1) is 0 Å². The van der Waals surface area contributed by atoms with E-state index in [0.717, 1.165) is 23.6 Å². The Labute approximate surface area is 119 Å². The van der Waals surface area contributed by atoms with Crippen molar-refractivity contribution in [2.24, 2.45) is 0 Å². The fraction of sp³-hybridized carbons (Fsp3) is 0.294. The summed E-state index contributed by atoms with van der Waals surface area (Å²) < 4.78 is 11.3. The Hall–Kier alpha value is -2.16. The molecule has 0 fully saturated rings. The molecule has 0 atom stereocenters. The predicted molar refractivity (Wildman–Crippen MR) is 81.0 cm³/mol. The molecule has 2 aromatic rings. The minimum absolute atomic E-state index is 0.630. The van der Waals surface area contributed by atoms with Crippen LogP contribution in [0.2, 0.25) is 0 Å². The van der Waals surface area contributed by atoms with Crippen molar-refractivity contribution in [3.63, 3.8) is 0 Å². The summed E-state index contributed by atoms with van der Waals surface area (Å²) in [7, 11) is 1.94. The molecular weight excluding hydrogens is 250 g/mol. The fourth-order valence-electron chi connectivity index (χ4n) is 2.48. The van der Waals surface area contributed by atoms with Crippen molar-refractivity contribution in [3.05, 3.63) is 53.1 Å². The maximum atomic E-state index is 5.66. The Balaban J connectivity index is 1.90. The number of anilines is 1. The van der Waals surface area contributed by atoms with Crippen LogP contribution in [-0.4, -0.2) is 20.3 Å². The van der Waals surface area contributed by atoms with Gasteiger partial charge >= 0.3 is 0 Å². The Bertz CT molecular complexity index is 622. The number of fused-ring (bicyclic) bond motifs is 1. The standard InChI is InChI=1S/C17H19NO2/c1-12-8-16-17(20-7-6-19-16)11-14(12)9-13-4-3-5-15(10-13)18-2/h3-5,8,10-11,18H,6-7,9H2,1-2H3. The first-order valence-electron chi connectivity index (χ1n) is 6.92. The first-order valence-corrected chi connectivity index (χ1v) is 6.92. The van der Waals surface area contributed by atoms with Crippen molar-refractivity contribution in [2.45, 2.75) is 13.3 Å². The Morgan fingerprint density at radius 3 is 2.55 bits per heavy atom. The molecule has 0 saturated carbocycles. The largest absolute Gasteiger partial charge is 0.486 e. The highest BCUT2D eigenvalue weighted by molar-refractivity contribution is 5.51. The van der Waals surface area contributed by atoms with E-state index < -0.39 is 0 Å². The predicted octanol–water partition coefficient (Wildman–Crippen LogP) is 3.40. The summed E-state index contributed by atoms with van der Waals surface area (Å²) in [4.78, 5) is 0. The molecule has 3 rings (SSSR count). The van der Waals surface area contributed by atoms with Gasteiger partial charge in [-0.1, -0.05) is 12.1 Å². The lowest BCUT2D eigenvalue weighted by atomic mass is 9.99. The van der Waals surface area contributed by atoms with Crippen LogP contribution in [0.4, 0.5) is 5.69 Å². The summed E-state index contributed by atoms with van der Waals surface area (Å²) >= 11 is 0.